The zero-order chi connectivity index (χ0) is 8.27. The number of hydrogen-bond acceptors (Lipinski definition) is 3. The summed E-state index contributed by atoms with van der Waals surface area (Å²) in [7, 11) is 0. The number of allylic oxidation sites excluding steroid dienone is 1. The van der Waals surface area contributed by atoms with Crippen LogP contribution in [-0.2, 0) is 9.53 Å². The van der Waals surface area contributed by atoms with Gasteiger partial charge in [0.05, 0.1) is 0 Å². The number of hydrogen-bond donors (Lipinski definition) is 1. The van der Waals surface area contributed by atoms with Crippen molar-refractivity contribution in [1.82, 2.24) is 0 Å². The second kappa shape index (κ2) is 3.34. The van der Waals surface area contributed by atoms with Crippen LogP contribution in [0.2, 0.25) is 0 Å². The molecule has 0 amide bonds. The summed E-state index contributed by atoms with van der Waals surface area (Å²) in [5, 5.41) is 9.25. The van der Waals surface area contributed by atoms with E-state index >= 15 is 0 Å². The molecule has 0 aromatic heterocycles. The van der Waals surface area contributed by atoms with Crippen molar-refractivity contribution in [1.29, 1.82) is 0 Å². The minimum atomic E-state index is -0.720. The van der Waals surface area contributed by atoms with Crippen LogP contribution in [0.3, 0.4) is 0 Å². The van der Waals surface area contributed by atoms with Crippen molar-refractivity contribution in [2.45, 2.75) is 19.1 Å². The lowest BCUT2D eigenvalue weighted by atomic mass is 10.2. The quantitative estimate of drug-likeness (QED) is 0.462. The number of carbonyl (C=O) groups is 1. The van der Waals surface area contributed by atoms with E-state index in [1.54, 1.807) is 25.2 Å². The lowest BCUT2D eigenvalue weighted by Gasteiger charge is -2.11. The topological polar surface area (TPSA) is 46.5 Å². The number of esters is 1. The van der Waals surface area contributed by atoms with Crippen LogP contribution in [-0.4, -0.2) is 23.3 Å². The van der Waals surface area contributed by atoms with Gasteiger partial charge in [0.15, 0.2) is 6.10 Å². The monoisotopic (exact) mass is 154 g/mol. The second-order valence-electron chi connectivity index (χ2n) is 2.28. The Morgan fingerprint density at radius 2 is 2.55 bits per heavy atom. The van der Waals surface area contributed by atoms with E-state index in [0.29, 0.717) is 0 Å². The van der Waals surface area contributed by atoms with Crippen molar-refractivity contribution in [3.8, 4) is 0 Å². The summed E-state index contributed by atoms with van der Waals surface area (Å²) in [6.07, 6.45) is 4.93. The summed E-state index contributed by atoms with van der Waals surface area (Å²) in [6, 6.07) is 0. The highest BCUT2D eigenvalue weighted by Crippen LogP contribution is 2.09. The van der Waals surface area contributed by atoms with Crippen molar-refractivity contribution in [2.24, 2.45) is 0 Å². The fourth-order valence-electron chi connectivity index (χ4n) is 0.876. The predicted octanol–water partition coefficient (Wildman–Crippen LogP) is 0.405. The third kappa shape index (κ3) is 1.91. The maximum atomic E-state index is 10.5. The van der Waals surface area contributed by atoms with Crippen molar-refractivity contribution >= 4 is 5.97 Å². The van der Waals surface area contributed by atoms with Crippen molar-refractivity contribution in [2.75, 3.05) is 0 Å². The Hall–Kier alpha value is -1.09. The van der Waals surface area contributed by atoms with Crippen LogP contribution >= 0.6 is 0 Å². The first-order chi connectivity index (χ1) is 5.24. The molecule has 0 saturated heterocycles. The zero-order valence-corrected chi connectivity index (χ0v) is 6.23. The van der Waals surface area contributed by atoms with Crippen molar-refractivity contribution in [3.63, 3.8) is 0 Å². The molecule has 1 rings (SSSR count). The standard InChI is InChI=1S/C8H10O3/c1-2-3-6(9)7-4-5-8(10)11-7/h2-7,9H,1H3/b3-2+/t6-,7-/m0/s1. The molecule has 0 unspecified atom stereocenters. The molecule has 1 N–H and O–H groups in total. The van der Waals surface area contributed by atoms with Gasteiger partial charge in [-0.2, -0.15) is 0 Å². The summed E-state index contributed by atoms with van der Waals surface area (Å²) in [6.45, 7) is 1.80. The Bertz CT molecular complexity index is 205. The van der Waals surface area contributed by atoms with Gasteiger partial charge in [-0.3, -0.25) is 0 Å². The van der Waals surface area contributed by atoms with E-state index in [-0.39, 0.29) is 0 Å². The molecule has 3 heteroatoms. The minimum Gasteiger partial charge on any atom is -0.452 e. The van der Waals surface area contributed by atoms with Crippen LogP contribution in [0.15, 0.2) is 24.3 Å². The Labute approximate surface area is 65.0 Å². The van der Waals surface area contributed by atoms with Crippen molar-refractivity contribution < 1.29 is 14.6 Å². The Kier molecular flexibility index (Phi) is 2.44. The third-order valence-electron chi connectivity index (χ3n) is 1.40. The first-order valence-electron chi connectivity index (χ1n) is 3.43. The number of cyclic esters (lactones) is 1. The summed E-state index contributed by atoms with van der Waals surface area (Å²) in [5.41, 5.74) is 0. The van der Waals surface area contributed by atoms with Crippen LogP contribution in [0.1, 0.15) is 6.92 Å². The summed E-state index contributed by atoms with van der Waals surface area (Å²) >= 11 is 0. The normalized spacial score (nSPS) is 26.0. The molecule has 0 saturated carbocycles. The van der Waals surface area contributed by atoms with Gasteiger partial charge in [-0.15, -0.1) is 0 Å². The van der Waals surface area contributed by atoms with E-state index in [9.17, 15) is 9.90 Å². The molecular formula is C8H10O3. The Balaban J connectivity index is 2.50. The molecule has 3 nitrogen and oxygen atoms in total. The van der Waals surface area contributed by atoms with Gasteiger partial charge in [-0.1, -0.05) is 12.2 Å². The number of aliphatic hydroxyl groups excluding tert-OH is 1. The van der Waals surface area contributed by atoms with Gasteiger partial charge < -0.3 is 9.84 Å². The smallest absolute Gasteiger partial charge is 0.331 e. The predicted molar refractivity (Wildman–Crippen MR) is 39.8 cm³/mol. The van der Waals surface area contributed by atoms with Gasteiger partial charge >= 0.3 is 5.97 Å². The Morgan fingerprint density at radius 1 is 1.82 bits per heavy atom. The number of ether oxygens (including phenoxy) is 1. The first kappa shape index (κ1) is 8.01. The van der Waals surface area contributed by atoms with Crippen LogP contribution in [0, 0.1) is 0 Å². The average Bonchev–Trinajstić information content (AvgIpc) is 2.36. The molecule has 0 aliphatic carbocycles. The van der Waals surface area contributed by atoms with Gasteiger partial charge in [0.2, 0.25) is 0 Å². The zero-order valence-electron chi connectivity index (χ0n) is 6.23. The van der Waals surface area contributed by atoms with E-state index in [1.165, 1.54) is 6.08 Å². The van der Waals surface area contributed by atoms with Crippen LogP contribution in [0.5, 0.6) is 0 Å². The number of rotatable bonds is 2. The molecule has 60 valence electrons. The molecule has 0 aromatic rings. The van der Waals surface area contributed by atoms with Gasteiger partial charge in [0.25, 0.3) is 0 Å². The Morgan fingerprint density at radius 3 is 3.00 bits per heavy atom. The molecule has 1 aliphatic rings. The highest BCUT2D eigenvalue weighted by atomic mass is 16.6. The lowest BCUT2D eigenvalue weighted by Crippen LogP contribution is -2.23. The maximum Gasteiger partial charge on any atom is 0.331 e. The van der Waals surface area contributed by atoms with E-state index in [0.717, 1.165) is 0 Å². The van der Waals surface area contributed by atoms with E-state index < -0.39 is 18.2 Å². The van der Waals surface area contributed by atoms with Crippen LogP contribution in [0.25, 0.3) is 0 Å². The van der Waals surface area contributed by atoms with Crippen molar-refractivity contribution in [3.05, 3.63) is 24.3 Å². The van der Waals surface area contributed by atoms with Gasteiger partial charge in [0.1, 0.15) is 6.10 Å². The summed E-state index contributed by atoms with van der Waals surface area (Å²) in [4.78, 5) is 10.5. The largest absolute Gasteiger partial charge is 0.452 e. The minimum absolute atomic E-state index is 0.390. The number of aliphatic hydroxyl groups is 1. The molecule has 0 radical (unpaired) electrons. The molecule has 1 aliphatic heterocycles. The van der Waals surface area contributed by atoms with E-state index in [4.69, 9.17) is 4.74 Å². The maximum absolute atomic E-state index is 10.5. The molecule has 2 atom stereocenters. The van der Waals surface area contributed by atoms with Gasteiger partial charge in [-0.25, -0.2) is 4.79 Å². The van der Waals surface area contributed by atoms with Crippen LogP contribution < -0.4 is 0 Å². The second-order valence-corrected chi connectivity index (χ2v) is 2.28. The molecule has 0 fully saturated rings. The summed E-state index contributed by atoms with van der Waals surface area (Å²) in [5.74, 6) is -0.390. The van der Waals surface area contributed by atoms with Gasteiger partial charge in [-0.05, 0) is 13.0 Å². The van der Waals surface area contributed by atoms with Gasteiger partial charge in [0, 0.05) is 6.08 Å². The average molecular weight is 154 g/mol. The fraction of sp³-hybridized carbons (Fsp3) is 0.375. The molecule has 1 heterocycles. The highest BCUT2D eigenvalue weighted by molar-refractivity contribution is 5.84. The van der Waals surface area contributed by atoms with Crippen LogP contribution in [0.4, 0.5) is 0 Å². The third-order valence-corrected chi connectivity index (χ3v) is 1.40. The molecule has 11 heavy (non-hydrogen) atoms. The fourth-order valence-corrected chi connectivity index (χ4v) is 0.876. The molecule has 0 spiro atoms. The molecule has 0 bridgehead atoms. The lowest BCUT2D eigenvalue weighted by molar-refractivity contribution is -0.141. The molecule has 0 aromatic carbocycles. The van der Waals surface area contributed by atoms with E-state index in [2.05, 4.69) is 0 Å². The molecular weight excluding hydrogens is 144 g/mol. The summed E-state index contributed by atoms with van der Waals surface area (Å²) < 4.78 is 4.72. The SMILES string of the molecule is C/C=C/[C@H](O)[C@@H]1C=CC(=O)O1. The number of carbonyl (C=O) groups excluding carboxylic acids is 1. The first-order valence-corrected chi connectivity index (χ1v) is 3.43. The highest BCUT2D eigenvalue weighted by Gasteiger charge is 2.22. The van der Waals surface area contributed by atoms with E-state index in [1.807, 2.05) is 0 Å².